The Morgan fingerprint density at radius 1 is 1.26 bits per heavy atom. The number of carbonyl (C=O) groups excluding carboxylic acids is 1. The highest BCUT2D eigenvalue weighted by molar-refractivity contribution is 6.01. The number of likely N-dealkylation sites (N-methyl/N-ethyl adjacent to an activating group) is 1. The summed E-state index contributed by atoms with van der Waals surface area (Å²) in [6.45, 7) is 3.85. The molecule has 0 aliphatic carbocycles. The van der Waals surface area contributed by atoms with Crippen LogP contribution in [0.15, 0.2) is 60.7 Å². The molecule has 0 saturated heterocycles. The molecule has 0 aliphatic rings. The number of benzene rings is 2. The summed E-state index contributed by atoms with van der Waals surface area (Å²) in [6.07, 6.45) is 3.81. The first kappa shape index (κ1) is 19.9. The molecule has 0 aromatic heterocycles. The highest BCUT2D eigenvalue weighted by Gasteiger charge is 2.12. The van der Waals surface area contributed by atoms with Gasteiger partial charge in [0.1, 0.15) is 29.8 Å². The second kappa shape index (κ2) is 9.35. The molecule has 27 heavy (non-hydrogen) atoms. The van der Waals surface area contributed by atoms with E-state index in [1.807, 2.05) is 12.1 Å². The van der Waals surface area contributed by atoms with Crippen LogP contribution >= 0.6 is 0 Å². The summed E-state index contributed by atoms with van der Waals surface area (Å²) in [4.78, 5) is 13.4. The van der Waals surface area contributed by atoms with Crippen LogP contribution in [0.2, 0.25) is 0 Å². The fourth-order valence-electron chi connectivity index (χ4n) is 2.47. The largest absolute Gasteiger partial charge is 0.489 e. The minimum absolute atomic E-state index is 0.0459. The fraction of sp³-hybridized carbons (Fsp3) is 0.182. The minimum atomic E-state index is -0.359. The zero-order valence-electron chi connectivity index (χ0n) is 15.4. The van der Waals surface area contributed by atoms with Crippen molar-refractivity contribution in [3.05, 3.63) is 83.2 Å². The number of ether oxygens (including phenoxy) is 1. The lowest BCUT2D eigenvalue weighted by Crippen LogP contribution is -2.22. The van der Waals surface area contributed by atoms with Gasteiger partial charge in [-0.2, -0.15) is 5.26 Å². The Bertz CT molecular complexity index is 911. The maximum atomic E-state index is 13.8. The number of amides is 1. The summed E-state index contributed by atoms with van der Waals surface area (Å²) >= 11 is 0. The van der Waals surface area contributed by atoms with Gasteiger partial charge >= 0.3 is 0 Å². The number of hydrogen-bond acceptors (Lipinski definition) is 3. The Morgan fingerprint density at radius 2 is 2.00 bits per heavy atom. The average Bonchev–Trinajstić information content (AvgIpc) is 2.66. The van der Waals surface area contributed by atoms with E-state index in [-0.39, 0.29) is 23.9 Å². The third-order valence-electron chi connectivity index (χ3n) is 3.86. The smallest absolute Gasteiger partial charge is 0.264 e. The van der Waals surface area contributed by atoms with Crippen molar-refractivity contribution in [2.45, 2.75) is 13.0 Å². The van der Waals surface area contributed by atoms with Gasteiger partial charge in [0.15, 0.2) is 0 Å². The van der Waals surface area contributed by atoms with E-state index >= 15 is 0 Å². The molecule has 1 amide bonds. The van der Waals surface area contributed by atoms with Gasteiger partial charge in [-0.1, -0.05) is 30.3 Å². The normalized spacial score (nSPS) is 10.8. The topological polar surface area (TPSA) is 53.3 Å². The van der Waals surface area contributed by atoms with Crippen LogP contribution in [0.1, 0.15) is 16.7 Å². The predicted molar refractivity (Wildman–Crippen MR) is 103 cm³/mol. The third-order valence-corrected chi connectivity index (χ3v) is 3.86. The molecule has 0 radical (unpaired) electrons. The van der Waals surface area contributed by atoms with Crippen LogP contribution in [0.5, 0.6) is 5.75 Å². The van der Waals surface area contributed by atoms with E-state index < -0.39 is 0 Å². The molecular weight excluding hydrogens is 343 g/mol. The SMILES string of the molecule is C=CCc1cc(/C=C(/C#N)C(=O)N(C)C)ccc1OCc1ccccc1F. The Kier molecular flexibility index (Phi) is 6.90. The first-order chi connectivity index (χ1) is 13.0. The number of allylic oxidation sites excluding steroid dienone is 1. The molecule has 138 valence electrons. The number of carbonyl (C=O) groups is 1. The molecule has 0 heterocycles. The van der Waals surface area contributed by atoms with Gasteiger partial charge < -0.3 is 9.64 Å². The standard InChI is InChI=1S/C22H21FN2O2/c1-4-7-17-12-16(13-19(14-24)22(26)25(2)3)10-11-21(17)27-15-18-8-5-6-9-20(18)23/h4-6,8-13H,1,7,15H2,2-3H3/b19-13-. The quantitative estimate of drug-likeness (QED) is 0.422. The van der Waals surface area contributed by atoms with E-state index in [1.165, 1.54) is 17.0 Å². The number of nitriles is 1. The van der Waals surface area contributed by atoms with Crippen LogP contribution in [0.3, 0.4) is 0 Å². The summed E-state index contributed by atoms with van der Waals surface area (Å²) in [5, 5.41) is 9.23. The van der Waals surface area contributed by atoms with Crippen molar-refractivity contribution in [3.63, 3.8) is 0 Å². The molecule has 0 saturated carbocycles. The number of hydrogen-bond donors (Lipinski definition) is 0. The van der Waals surface area contributed by atoms with Crippen LogP contribution < -0.4 is 4.74 Å². The van der Waals surface area contributed by atoms with Crippen molar-refractivity contribution in [1.29, 1.82) is 5.26 Å². The van der Waals surface area contributed by atoms with Gasteiger partial charge in [-0.25, -0.2) is 4.39 Å². The molecule has 0 aliphatic heterocycles. The Balaban J connectivity index is 2.28. The summed E-state index contributed by atoms with van der Waals surface area (Å²) in [5.74, 6) is -0.0708. The molecule has 4 nitrogen and oxygen atoms in total. The first-order valence-electron chi connectivity index (χ1n) is 8.39. The molecule has 0 bridgehead atoms. The highest BCUT2D eigenvalue weighted by Crippen LogP contribution is 2.24. The molecule has 0 unspecified atom stereocenters. The average molecular weight is 364 g/mol. The lowest BCUT2D eigenvalue weighted by atomic mass is 10.0. The highest BCUT2D eigenvalue weighted by atomic mass is 19.1. The van der Waals surface area contributed by atoms with Crippen molar-refractivity contribution in [2.75, 3.05) is 14.1 Å². The van der Waals surface area contributed by atoms with Crippen LogP contribution in [0.25, 0.3) is 6.08 Å². The predicted octanol–water partition coefficient (Wildman–Crippen LogP) is 4.13. The van der Waals surface area contributed by atoms with Crippen molar-refractivity contribution in [2.24, 2.45) is 0 Å². The van der Waals surface area contributed by atoms with Crippen LogP contribution in [-0.4, -0.2) is 24.9 Å². The van der Waals surface area contributed by atoms with Crippen LogP contribution in [-0.2, 0) is 17.8 Å². The fourth-order valence-corrected chi connectivity index (χ4v) is 2.47. The van der Waals surface area contributed by atoms with Gasteiger partial charge in [0.25, 0.3) is 5.91 Å². The van der Waals surface area contributed by atoms with E-state index in [1.54, 1.807) is 50.5 Å². The molecule has 0 spiro atoms. The van der Waals surface area contributed by atoms with E-state index in [4.69, 9.17) is 4.74 Å². The summed E-state index contributed by atoms with van der Waals surface area (Å²) in [5.41, 5.74) is 2.06. The van der Waals surface area contributed by atoms with E-state index in [2.05, 4.69) is 6.58 Å². The number of rotatable bonds is 7. The van der Waals surface area contributed by atoms with Gasteiger partial charge in [-0.05, 0) is 41.8 Å². The monoisotopic (exact) mass is 364 g/mol. The zero-order valence-corrected chi connectivity index (χ0v) is 15.4. The molecule has 2 aromatic carbocycles. The maximum Gasteiger partial charge on any atom is 0.264 e. The number of nitrogens with zero attached hydrogens (tertiary/aromatic N) is 2. The van der Waals surface area contributed by atoms with Crippen molar-refractivity contribution in [1.82, 2.24) is 4.90 Å². The third kappa shape index (κ3) is 5.29. The Labute approximate surface area is 158 Å². The van der Waals surface area contributed by atoms with Gasteiger partial charge in [0, 0.05) is 19.7 Å². The van der Waals surface area contributed by atoms with Crippen molar-refractivity contribution < 1.29 is 13.9 Å². The lowest BCUT2D eigenvalue weighted by Gasteiger charge is -2.13. The molecule has 0 fully saturated rings. The van der Waals surface area contributed by atoms with Gasteiger partial charge in [0.05, 0.1) is 0 Å². The molecule has 5 heteroatoms. The van der Waals surface area contributed by atoms with Gasteiger partial charge in [-0.3, -0.25) is 4.79 Å². The van der Waals surface area contributed by atoms with E-state index in [0.29, 0.717) is 23.3 Å². The second-order valence-electron chi connectivity index (χ2n) is 6.11. The number of halogens is 1. The molecular formula is C22H21FN2O2. The lowest BCUT2D eigenvalue weighted by molar-refractivity contribution is -0.124. The van der Waals surface area contributed by atoms with Crippen LogP contribution in [0.4, 0.5) is 4.39 Å². The van der Waals surface area contributed by atoms with Crippen molar-refractivity contribution in [3.8, 4) is 11.8 Å². The Hall–Kier alpha value is -3.39. The van der Waals surface area contributed by atoms with Gasteiger partial charge in [-0.15, -0.1) is 6.58 Å². The zero-order chi connectivity index (χ0) is 19.8. The molecule has 0 N–H and O–H groups in total. The second-order valence-corrected chi connectivity index (χ2v) is 6.11. The first-order valence-corrected chi connectivity index (χ1v) is 8.39. The molecule has 2 aromatic rings. The van der Waals surface area contributed by atoms with Gasteiger partial charge in [0.2, 0.25) is 0 Å². The maximum absolute atomic E-state index is 13.8. The van der Waals surface area contributed by atoms with E-state index in [0.717, 1.165) is 5.56 Å². The van der Waals surface area contributed by atoms with Crippen LogP contribution in [0, 0.1) is 17.1 Å². The van der Waals surface area contributed by atoms with Crippen molar-refractivity contribution >= 4 is 12.0 Å². The summed E-state index contributed by atoms with van der Waals surface area (Å²) in [6, 6.07) is 13.7. The molecule has 0 atom stereocenters. The van der Waals surface area contributed by atoms with E-state index in [9.17, 15) is 14.4 Å². The summed E-state index contributed by atoms with van der Waals surface area (Å²) in [7, 11) is 3.19. The minimum Gasteiger partial charge on any atom is -0.489 e. The summed E-state index contributed by atoms with van der Waals surface area (Å²) < 4.78 is 19.5. The Morgan fingerprint density at radius 3 is 2.63 bits per heavy atom. The molecule has 2 rings (SSSR count).